The van der Waals surface area contributed by atoms with Crippen LogP contribution in [0.15, 0.2) is 29.2 Å². The summed E-state index contributed by atoms with van der Waals surface area (Å²) in [5.41, 5.74) is 6.39. The molecule has 0 bridgehead atoms. The summed E-state index contributed by atoms with van der Waals surface area (Å²) in [6, 6.07) is 6.20. The van der Waals surface area contributed by atoms with Crippen LogP contribution >= 0.6 is 0 Å². The number of sulfonamides is 1. The topological polar surface area (TPSA) is 83.7 Å². The number of rotatable bonds is 5. The summed E-state index contributed by atoms with van der Waals surface area (Å²) in [6.45, 7) is 6.90. The molecule has 1 aromatic rings. The van der Waals surface area contributed by atoms with Crippen molar-refractivity contribution < 1.29 is 13.2 Å². The number of likely N-dealkylation sites (tertiary alicyclic amines) is 1. The molecule has 0 aliphatic carbocycles. The predicted octanol–water partition coefficient (Wildman–Crippen LogP) is 1.91. The molecule has 0 saturated carbocycles. The van der Waals surface area contributed by atoms with Gasteiger partial charge in [-0.25, -0.2) is 8.42 Å². The maximum absolute atomic E-state index is 12.8. The minimum Gasteiger partial charge on any atom is -0.338 e. The maximum Gasteiger partial charge on any atom is 0.253 e. The van der Waals surface area contributed by atoms with E-state index in [-0.39, 0.29) is 28.8 Å². The molecule has 2 N–H and O–H groups in total. The zero-order valence-electron chi connectivity index (χ0n) is 15.5. The number of carbonyl (C=O) groups is 1. The first kappa shape index (κ1) is 19.9. The van der Waals surface area contributed by atoms with E-state index in [0.717, 1.165) is 12.8 Å². The van der Waals surface area contributed by atoms with Gasteiger partial charge in [0.2, 0.25) is 10.0 Å². The first-order valence-electron chi connectivity index (χ1n) is 8.77. The highest BCUT2D eigenvalue weighted by molar-refractivity contribution is 7.89. The number of benzene rings is 1. The molecule has 2 atom stereocenters. The number of piperidine rings is 1. The van der Waals surface area contributed by atoms with Gasteiger partial charge >= 0.3 is 0 Å². The van der Waals surface area contributed by atoms with Crippen LogP contribution in [0.5, 0.6) is 0 Å². The molecule has 1 aliphatic heterocycles. The molecule has 1 aliphatic rings. The molecule has 1 fully saturated rings. The Morgan fingerprint density at radius 2 is 2.00 bits per heavy atom. The third-order valence-electron chi connectivity index (χ3n) is 4.97. The minimum absolute atomic E-state index is 0.0435. The fraction of sp³-hybridized carbons (Fsp3) is 0.611. The van der Waals surface area contributed by atoms with E-state index in [9.17, 15) is 13.2 Å². The van der Waals surface area contributed by atoms with Crippen LogP contribution in [0, 0.1) is 5.92 Å². The zero-order chi connectivity index (χ0) is 18.8. The molecule has 0 spiro atoms. The maximum atomic E-state index is 12.8. The van der Waals surface area contributed by atoms with Gasteiger partial charge in [-0.15, -0.1) is 0 Å². The van der Waals surface area contributed by atoms with Gasteiger partial charge in [0, 0.05) is 37.8 Å². The lowest BCUT2D eigenvalue weighted by molar-refractivity contribution is 0.0660. The lowest BCUT2D eigenvalue weighted by Crippen LogP contribution is -2.45. The van der Waals surface area contributed by atoms with Gasteiger partial charge < -0.3 is 10.6 Å². The van der Waals surface area contributed by atoms with Crippen LogP contribution in [0.3, 0.4) is 0 Å². The molecule has 1 aromatic carbocycles. The van der Waals surface area contributed by atoms with Gasteiger partial charge in [0.1, 0.15) is 0 Å². The summed E-state index contributed by atoms with van der Waals surface area (Å²) in [4.78, 5) is 14.8. The average molecular weight is 368 g/mol. The summed E-state index contributed by atoms with van der Waals surface area (Å²) < 4.78 is 26.6. The number of hydrogen-bond donors (Lipinski definition) is 1. The van der Waals surface area contributed by atoms with Crippen molar-refractivity contribution in [2.24, 2.45) is 11.7 Å². The second kappa shape index (κ2) is 7.85. The van der Waals surface area contributed by atoms with E-state index in [1.54, 1.807) is 24.1 Å². The summed E-state index contributed by atoms with van der Waals surface area (Å²) in [7, 11) is -2.06. The Balaban J connectivity index is 2.25. The second-order valence-corrected chi connectivity index (χ2v) is 9.15. The molecule has 0 aromatic heterocycles. The van der Waals surface area contributed by atoms with E-state index in [0.29, 0.717) is 18.7 Å². The van der Waals surface area contributed by atoms with E-state index in [1.807, 2.05) is 20.8 Å². The SMILES string of the molecule is CC(N)C1CCCN(C(=O)c2cccc(S(=O)(=O)N(C)C(C)C)c2)C1. The highest BCUT2D eigenvalue weighted by Gasteiger charge is 2.28. The standard InChI is InChI=1S/C18H29N3O3S/c1-13(2)20(4)25(23,24)17-9-5-7-15(11-17)18(22)21-10-6-8-16(12-21)14(3)19/h5,7,9,11,13-14,16H,6,8,10,12,19H2,1-4H3. The van der Waals surface area contributed by atoms with Crippen LogP contribution in [0.1, 0.15) is 44.0 Å². The first-order chi connectivity index (χ1) is 11.6. The van der Waals surface area contributed by atoms with Gasteiger partial charge in [0.25, 0.3) is 5.91 Å². The Morgan fingerprint density at radius 1 is 1.32 bits per heavy atom. The summed E-state index contributed by atoms with van der Waals surface area (Å²) in [5, 5.41) is 0. The largest absolute Gasteiger partial charge is 0.338 e. The third kappa shape index (κ3) is 4.40. The van der Waals surface area contributed by atoms with Crippen LogP contribution in [-0.4, -0.2) is 55.8 Å². The molecule has 7 heteroatoms. The van der Waals surface area contributed by atoms with Crippen molar-refractivity contribution >= 4 is 15.9 Å². The molecule has 1 amide bonds. The number of nitrogens with zero attached hydrogens (tertiary/aromatic N) is 2. The van der Waals surface area contributed by atoms with E-state index in [4.69, 9.17) is 5.73 Å². The molecule has 1 heterocycles. The van der Waals surface area contributed by atoms with E-state index in [2.05, 4.69) is 0 Å². The van der Waals surface area contributed by atoms with Crippen molar-refractivity contribution in [3.8, 4) is 0 Å². The molecule has 1 saturated heterocycles. The monoisotopic (exact) mass is 367 g/mol. The van der Waals surface area contributed by atoms with Crippen molar-refractivity contribution in [2.45, 2.75) is 50.6 Å². The number of carbonyl (C=O) groups excluding carboxylic acids is 1. The van der Waals surface area contributed by atoms with Gasteiger partial charge in [-0.2, -0.15) is 4.31 Å². The minimum atomic E-state index is -3.61. The number of nitrogens with two attached hydrogens (primary N) is 1. The second-order valence-electron chi connectivity index (χ2n) is 7.16. The van der Waals surface area contributed by atoms with Gasteiger partial charge in [0.15, 0.2) is 0 Å². The number of hydrogen-bond acceptors (Lipinski definition) is 4. The van der Waals surface area contributed by atoms with Crippen molar-refractivity contribution in [1.82, 2.24) is 9.21 Å². The Morgan fingerprint density at radius 3 is 2.60 bits per heavy atom. The van der Waals surface area contributed by atoms with Gasteiger partial charge in [-0.1, -0.05) is 6.07 Å². The highest BCUT2D eigenvalue weighted by Crippen LogP contribution is 2.22. The summed E-state index contributed by atoms with van der Waals surface area (Å²) >= 11 is 0. The lowest BCUT2D eigenvalue weighted by Gasteiger charge is -2.34. The Bertz CT molecular complexity index is 716. The summed E-state index contributed by atoms with van der Waals surface area (Å²) in [6.07, 6.45) is 1.95. The zero-order valence-corrected chi connectivity index (χ0v) is 16.3. The predicted molar refractivity (Wildman–Crippen MR) is 98.8 cm³/mol. The third-order valence-corrected chi connectivity index (χ3v) is 7.00. The Hall–Kier alpha value is -1.44. The summed E-state index contributed by atoms with van der Waals surface area (Å²) in [5.74, 6) is 0.159. The molecule has 25 heavy (non-hydrogen) atoms. The van der Waals surface area contributed by atoms with Crippen LogP contribution in [0.25, 0.3) is 0 Å². The van der Waals surface area contributed by atoms with Crippen LogP contribution in [-0.2, 0) is 10.0 Å². The van der Waals surface area contributed by atoms with Gasteiger partial charge in [0.05, 0.1) is 4.90 Å². The molecular formula is C18H29N3O3S. The molecule has 2 unspecified atom stereocenters. The number of amides is 1. The quantitative estimate of drug-likeness (QED) is 0.862. The van der Waals surface area contributed by atoms with E-state index < -0.39 is 10.0 Å². The average Bonchev–Trinajstić information content (AvgIpc) is 2.60. The van der Waals surface area contributed by atoms with Crippen LogP contribution < -0.4 is 5.73 Å². The van der Waals surface area contributed by atoms with Crippen molar-refractivity contribution in [3.63, 3.8) is 0 Å². The fourth-order valence-electron chi connectivity index (χ4n) is 3.04. The smallest absolute Gasteiger partial charge is 0.253 e. The Labute approximate surface area is 151 Å². The highest BCUT2D eigenvalue weighted by atomic mass is 32.2. The molecule has 140 valence electrons. The van der Waals surface area contributed by atoms with Crippen LogP contribution in [0.4, 0.5) is 0 Å². The Kier molecular flexibility index (Phi) is 6.24. The van der Waals surface area contributed by atoms with Gasteiger partial charge in [-0.05, 0) is 57.7 Å². The molecule has 2 rings (SSSR count). The normalized spacial score (nSPS) is 20.1. The van der Waals surface area contributed by atoms with Crippen molar-refractivity contribution in [1.29, 1.82) is 0 Å². The van der Waals surface area contributed by atoms with Crippen molar-refractivity contribution in [2.75, 3.05) is 20.1 Å². The van der Waals surface area contributed by atoms with Crippen LogP contribution in [0.2, 0.25) is 0 Å². The molecule has 6 nitrogen and oxygen atoms in total. The molecular weight excluding hydrogens is 338 g/mol. The van der Waals surface area contributed by atoms with E-state index in [1.165, 1.54) is 16.4 Å². The van der Waals surface area contributed by atoms with Crippen molar-refractivity contribution in [3.05, 3.63) is 29.8 Å². The first-order valence-corrected chi connectivity index (χ1v) is 10.2. The molecule has 0 radical (unpaired) electrons. The van der Waals surface area contributed by atoms with E-state index >= 15 is 0 Å². The lowest BCUT2D eigenvalue weighted by atomic mass is 9.92. The van der Waals surface area contributed by atoms with Gasteiger partial charge in [-0.3, -0.25) is 4.79 Å². The fourth-order valence-corrected chi connectivity index (χ4v) is 4.45.